The van der Waals surface area contributed by atoms with Crippen molar-refractivity contribution in [1.82, 2.24) is 15.7 Å². The molecule has 19 nitrogen and oxygen atoms in total. The van der Waals surface area contributed by atoms with Crippen molar-refractivity contribution >= 4 is 42.1 Å². The zero-order chi connectivity index (χ0) is 31.1. The summed E-state index contributed by atoms with van der Waals surface area (Å²) in [7, 11) is 3.51. The van der Waals surface area contributed by atoms with Crippen LogP contribution in [0.2, 0.25) is 0 Å². The molecule has 1 aliphatic rings. The minimum absolute atomic E-state index is 0. The number of nitrogens with one attached hydrogen (secondary N) is 2. The fourth-order valence-electron chi connectivity index (χ4n) is 2.60. The fraction of sp³-hybridized carbons (Fsp3) is 0.696. The summed E-state index contributed by atoms with van der Waals surface area (Å²) in [5.74, 6) is -3.10. The molecule has 246 valence electrons. The Morgan fingerprint density at radius 2 is 1.38 bits per heavy atom. The number of rotatable bonds is 13. The number of hydrogen-bond donors (Lipinski definition) is 6. The van der Waals surface area contributed by atoms with Crippen LogP contribution in [0.1, 0.15) is 58.8 Å². The number of carbonyl (C=O) groups is 7. The average molecular weight is 616 g/mol. The summed E-state index contributed by atoms with van der Waals surface area (Å²) in [4.78, 5) is 78.9. The van der Waals surface area contributed by atoms with Crippen LogP contribution < -0.4 is 22.1 Å². The van der Waals surface area contributed by atoms with Gasteiger partial charge in [0.1, 0.15) is 12.1 Å². The molecular weight excluding hydrogens is 570 g/mol. The van der Waals surface area contributed by atoms with Crippen LogP contribution in [0.5, 0.6) is 0 Å². The van der Waals surface area contributed by atoms with Gasteiger partial charge >= 0.3 is 30.3 Å². The molecule has 1 aliphatic heterocycles. The van der Waals surface area contributed by atoms with Gasteiger partial charge in [-0.3, -0.25) is 19.2 Å². The molecule has 2 unspecified atom stereocenters. The van der Waals surface area contributed by atoms with Crippen LogP contribution in [0.3, 0.4) is 0 Å². The number of carbonyl (C=O) groups excluding carboxylic acids is 5. The first-order chi connectivity index (χ1) is 18.8. The highest BCUT2D eigenvalue weighted by Crippen LogP contribution is 2.12. The number of methoxy groups -OCH3 is 3. The molecule has 0 aliphatic carbocycles. The molecule has 1 fully saturated rings. The maximum Gasteiger partial charge on any atom is 0.533 e. The molecule has 0 spiro atoms. The van der Waals surface area contributed by atoms with Gasteiger partial charge in [-0.05, 0) is 38.6 Å². The third kappa shape index (κ3) is 22.6. The number of unbranched alkanes of at least 4 members (excludes halogenated alkanes) is 2. The van der Waals surface area contributed by atoms with Gasteiger partial charge in [0, 0.05) is 19.4 Å². The lowest BCUT2D eigenvalue weighted by atomic mass is 10.1. The fourth-order valence-corrected chi connectivity index (χ4v) is 2.60. The van der Waals surface area contributed by atoms with Crippen LogP contribution in [0, 0.1) is 0 Å². The van der Waals surface area contributed by atoms with Crippen LogP contribution in [-0.4, -0.2) is 109 Å². The van der Waals surface area contributed by atoms with Gasteiger partial charge in [-0.15, -0.1) is 0 Å². The summed E-state index contributed by atoms with van der Waals surface area (Å²) in [6, 6.07) is -1.71. The molecule has 0 bridgehead atoms. The lowest BCUT2D eigenvalue weighted by molar-refractivity contribution is -0.176. The minimum Gasteiger partial charge on any atom is -0.480 e. The average Bonchev–Trinajstić information content (AvgIpc) is 3.24. The predicted molar refractivity (Wildman–Crippen MR) is 145 cm³/mol. The highest BCUT2D eigenvalue weighted by atomic mass is 16.8. The molecule has 0 saturated carbocycles. The highest BCUT2D eigenvalue weighted by Gasteiger charge is 2.33. The Kier molecular flexibility index (Phi) is 28.7. The van der Waals surface area contributed by atoms with E-state index in [2.05, 4.69) is 29.7 Å². The number of aliphatic carboxylic acids is 2. The topological polar surface area (TPSA) is 308 Å². The van der Waals surface area contributed by atoms with E-state index in [0.717, 1.165) is 27.1 Å². The monoisotopic (exact) mass is 615 g/mol. The van der Waals surface area contributed by atoms with Crippen molar-refractivity contribution in [3.63, 3.8) is 0 Å². The molecule has 0 radical (unpaired) electrons. The molecule has 0 aromatic heterocycles. The van der Waals surface area contributed by atoms with E-state index in [-0.39, 0.29) is 32.2 Å². The zero-order valence-electron chi connectivity index (χ0n) is 23.2. The number of ether oxygens (including phenoxy) is 3. The SMILES string of the molecule is C.COC(=O)NCCCCC(NC(=O)OC)C(=O)O.COC(=O)ON1C(=O)CCC1=O.NCCCCC(N)C(=O)O.O. The molecule has 2 atom stereocenters. The van der Waals surface area contributed by atoms with Gasteiger partial charge in [-0.2, -0.15) is 0 Å². The van der Waals surface area contributed by atoms with Crippen molar-refractivity contribution < 1.29 is 68.3 Å². The van der Waals surface area contributed by atoms with Gasteiger partial charge in [0.2, 0.25) is 0 Å². The van der Waals surface area contributed by atoms with Crippen LogP contribution >= 0.6 is 0 Å². The zero-order valence-corrected chi connectivity index (χ0v) is 23.2. The molecule has 1 saturated heterocycles. The van der Waals surface area contributed by atoms with Crippen molar-refractivity contribution in [3.05, 3.63) is 0 Å². The Labute approximate surface area is 243 Å². The molecule has 4 amide bonds. The van der Waals surface area contributed by atoms with Gasteiger partial charge in [0.05, 0.1) is 21.3 Å². The predicted octanol–water partition coefficient (Wildman–Crippen LogP) is -0.506. The molecule has 42 heavy (non-hydrogen) atoms. The Balaban J connectivity index is -0.000000264. The van der Waals surface area contributed by atoms with E-state index >= 15 is 0 Å². The number of hydroxylamine groups is 2. The second-order valence-corrected chi connectivity index (χ2v) is 7.80. The lowest BCUT2D eigenvalue weighted by Gasteiger charge is -2.13. The number of alkyl carbamates (subject to hydrolysis) is 2. The molecule has 1 heterocycles. The van der Waals surface area contributed by atoms with E-state index < -0.39 is 54.2 Å². The second kappa shape index (κ2) is 27.0. The quantitative estimate of drug-likeness (QED) is 0.0658. The smallest absolute Gasteiger partial charge is 0.480 e. The molecular formula is C23H45N5O14. The van der Waals surface area contributed by atoms with Crippen molar-refractivity contribution in [2.75, 3.05) is 34.4 Å². The normalized spacial score (nSPS) is 12.6. The maximum absolute atomic E-state index is 10.9. The van der Waals surface area contributed by atoms with Gasteiger partial charge in [0.15, 0.2) is 0 Å². The molecule has 1 rings (SSSR count). The summed E-state index contributed by atoms with van der Waals surface area (Å²) in [6.45, 7) is 0.990. The molecule has 0 aromatic rings. The number of amides is 4. The Hall–Kier alpha value is -4.23. The Morgan fingerprint density at radius 1 is 0.857 bits per heavy atom. The van der Waals surface area contributed by atoms with E-state index in [1.54, 1.807) is 0 Å². The second-order valence-electron chi connectivity index (χ2n) is 7.80. The summed E-state index contributed by atoms with van der Waals surface area (Å²) in [5, 5.41) is 22.3. The standard InChI is InChI=1S/C10H18N2O6.C6H14N2O2.C6H7NO5.CH4.H2O/c1-17-9(15)11-6-4-3-5-7(8(13)14)12-10(16)18-2;7-4-2-1-3-5(8)6(9)10;1-11-6(10)12-7-4(8)2-3-5(7)9;;/h7H,3-6H2,1-2H3,(H,11,15)(H,12,16)(H,13,14);5H,1-4,7-8H2,(H,9,10);2-3H2,1H3;1H4;1H2. The van der Waals surface area contributed by atoms with E-state index in [9.17, 15) is 33.6 Å². The number of hydrogen-bond acceptors (Lipinski definition) is 13. The van der Waals surface area contributed by atoms with Crippen molar-refractivity contribution in [2.24, 2.45) is 11.5 Å². The molecule has 10 N–H and O–H groups in total. The first kappa shape index (κ1) is 44.8. The number of carboxylic acids is 2. The minimum atomic E-state index is -1.12. The first-order valence-electron chi connectivity index (χ1n) is 12.0. The Morgan fingerprint density at radius 3 is 1.81 bits per heavy atom. The number of carboxylic acid groups (broad SMARTS) is 2. The van der Waals surface area contributed by atoms with E-state index in [0.29, 0.717) is 37.4 Å². The van der Waals surface area contributed by atoms with E-state index in [1.807, 2.05) is 0 Å². The van der Waals surface area contributed by atoms with Gasteiger partial charge < -0.3 is 52.0 Å². The molecule has 19 heteroatoms. The van der Waals surface area contributed by atoms with Crippen LogP contribution in [0.25, 0.3) is 0 Å². The van der Waals surface area contributed by atoms with E-state index in [1.165, 1.54) is 7.11 Å². The van der Waals surface area contributed by atoms with Crippen LogP contribution in [-0.2, 0) is 38.2 Å². The van der Waals surface area contributed by atoms with Crippen LogP contribution in [0.4, 0.5) is 14.4 Å². The number of imide groups is 1. The largest absolute Gasteiger partial charge is 0.533 e. The van der Waals surface area contributed by atoms with Crippen molar-refractivity contribution in [2.45, 2.75) is 70.9 Å². The molecule has 0 aromatic carbocycles. The summed E-state index contributed by atoms with van der Waals surface area (Å²) in [5.41, 5.74) is 10.4. The van der Waals surface area contributed by atoms with Gasteiger partial charge in [-0.1, -0.05) is 18.9 Å². The number of nitrogens with two attached hydrogens (primary N) is 2. The number of nitrogens with zero attached hydrogens (tertiary/aromatic N) is 1. The van der Waals surface area contributed by atoms with E-state index in [4.69, 9.17) is 21.7 Å². The maximum atomic E-state index is 10.9. The summed E-state index contributed by atoms with van der Waals surface area (Å²) in [6.07, 6.45) is 1.31. The van der Waals surface area contributed by atoms with Crippen LogP contribution in [0.15, 0.2) is 0 Å². The first-order valence-corrected chi connectivity index (χ1v) is 12.0. The summed E-state index contributed by atoms with van der Waals surface area (Å²) >= 11 is 0. The summed E-state index contributed by atoms with van der Waals surface area (Å²) < 4.78 is 12.8. The van der Waals surface area contributed by atoms with Crippen molar-refractivity contribution in [3.8, 4) is 0 Å². The van der Waals surface area contributed by atoms with Gasteiger partial charge in [-0.25, -0.2) is 19.2 Å². The highest BCUT2D eigenvalue weighted by molar-refractivity contribution is 6.01. The van der Waals surface area contributed by atoms with Crippen molar-refractivity contribution in [1.29, 1.82) is 0 Å². The third-order valence-corrected chi connectivity index (χ3v) is 4.77. The third-order valence-electron chi connectivity index (χ3n) is 4.77. The lowest BCUT2D eigenvalue weighted by Crippen LogP contribution is -2.40. The van der Waals surface area contributed by atoms with Gasteiger partial charge in [0.25, 0.3) is 11.8 Å². The Bertz CT molecular complexity index is 826.